The van der Waals surface area contributed by atoms with Gasteiger partial charge in [-0.2, -0.15) is 0 Å². The number of rotatable bonds is 4. The van der Waals surface area contributed by atoms with E-state index in [9.17, 15) is 8.42 Å². The average Bonchev–Trinajstić information content (AvgIpc) is 2.77. The third-order valence-electron chi connectivity index (χ3n) is 3.33. The van der Waals surface area contributed by atoms with Crippen LogP contribution in [0.1, 0.15) is 25.7 Å². The monoisotopic (exact) mass is 269 g/mol. The number of primary sulfonamides is 1. The summed E-state index contributed by atoms with van der Waals surface area (Å²) in [4.78, 5) is 0.0522. The van der Waals surface area contributed by atoms with E-state index in [1.807, 2.05) is 0 Å². The summed E-state index contributed by atoms with van der Waals surface area (Å²) >= 11 is 0. The molecule has 0 unspecified atom stereocenters. The van der Waals surface area contributed by atoms with Crippen molar-refractivity contribution in [1.82, 2.24) is 0 Å². The molecule has 1 fully saturated rings. The molecule has 100 valence electrons. The topological polar surface area (TPSA) is 98.2 Å². The van der Waals surface area contributed by atoms with Crippen molar-refractivity contribution in [1.29, 1.82) is 0 Å². The SMILES string of the molecule is Nc1cc(NCC2CCCC2)cc(S(N)(=O)=O)c1. The molecule has 5 nitrogen and oxygen atoms in total. The van der Waals surface area contributed by atoms with Gasteiger partial charge < -0.3 is 11.1 Å². The molecule has 0 heterocycles. The molecule has 1 aliphatic rings. The Morgan fingerprint density at radius 3 is 2.50 bits per heavy atom. The third kappa shape index (κ3) is 3.36. The van der Waals surface area contributed by atoms with Crippen molar-refractivity contribution >= 4 is 21.4 Å². The summed E-state index contributed by atoms with van der Waals surface area (Å²) in [6, 6.07) is 4.63. The first-order chi connectivity index (χ1) is 8.45. The fourth-order valence-corrected chi connectivity index (χ4v) is 2.96. The highest BCUT2D eigenvalue weighted by atomic mass is 32.2. The van der Waals surface area contributed by atoms with Crippen LogP contribution < -0.4 is 16.2 Å². The van der Waals surface area contributed by atoms with Crippen LogP contribution >= 0.6 is 0 Å². The molecule has 2 rings (SSSR count). The zero-order valence-corrected chi connectivity index (χ0v) is 11.0. The lowest BCUT2D eigenvalue weighted by Gasteiger charge is -2.13. The number of nitrogens with two attached hydrogens (primary N) is 2. The van der Waals surface area contributed by atoms with Gasteiger partial charge in [-0.1, -0.05) is 12.8 Å². The molecule has 1 aromatic rings. The molecule has 6 heteroatoms. The Hall–Kier alpha value is -1.27. The standard InChI is InChI=1S/C12H19N3O2S/c13-10-5-11(7-12(6-10)18(14,16)17)15-8-9-3-1-2-4-9/h5-7,9,15H,1-4,8,13H2,(H2,14,16,17). The number of sulfonamides is 1. The highest BCUT2D eigenvalue weighted by Gasteiger charge is 2.15. The van der Waals surface area contributed by atoms with Crippen molar-refractivity contribution < 1.29 is 8.42 Å². The van der Waals surface area contributed by atoms with E-state index in [2.05, 4.69) is 5.32 Å². The quantitative estimate of drug-likeness (QED) is 0.722. The molecule has 0 spiro atoms. The van der Waals surface area contributed by atoms with Crippen molar-refractivity contribution in [2.24, 2.45) is 11.1 Å². The minimum Gasteiger partial charge on any atom is -0.399 e. The molecule has 1 aromatic carbocycles. The normalized spacial score (nSPS) is 16.9. The van der Waals surface area contributed by atoms with Crippen LogP contribution in [0.3, 0.4) is 0 Å². The Balaban J connectivity index is 2.10. The minimum absolute atomic E-state index is 0.0522. The molecule has 0 saturated heterocycles. The molecule has 0 bridgehead atoms. The van der Waals surface area contributed by atoms with E-state index in [1.54, 1.807) is 6.07 Å². The lowest BCUT2D eigenvalue weighted by atomic mass is 10.1. The average molecular weight is 269 g/mol. The van der Waals surface area contributed by atoms with E-state index in [-0.39, 0.29) is 4.90 Å². The number of hydrogen-bond donors (Lipinski definition) is 3. The first-order valence-corrected chi connectivity index (χ1v) is 7.67. The zero-order valence-electron chi connectivity index (χ0n) is 10.2. The minimum atomic E-state index is -3.71. The molecular formula is C12H19N3O2S. The highest BCUT2D eigenvalue weighted by molar-refractivity contribution is 7.89. The molecule has 1 saturated carbocycles. The van der Waals surface area contributed by atoms with Crippen LogP contribution in [0, 0.1) is 5.92 Å². The van der Waals surface area contributed by atoms with Crippen LogP contribution in [0.4, 0.5) is 11.4 Å². The van der Waals surface area contributed by atoms with Crippen LogP contribution in [0.5, 0.6) is 0 Å². The molecular weight excluding hydrogens is 250 g/mol. The van der Waals surface area contributed by atoms with Crippen LogP contribution in [0.25, 0.3) is 0 Å². The molecule has 0 radical (unpaired) electrons. The molecule has 18 heavy (non-hydrogen) atoms. The second kappa shape index (κ2) is 5.16. The highest BCUT2D eigenvalue weighted by Crippen LogP contribution is 2.26. The Morgan fingerprint density at radius 2 is 1.89 bits per heavy atom. The maximum Gasteiger partial charge on any atom is 0.238 e. The lowest BCUT2D eigenvalue weighted by Crippen LogP contribution is -2.14. The van der Waals surface area contributed by atoms with E-state index in [0.717, 1.165) is 6.54 Å². The summed E-state index contributed by atoms with van der Waals surface area (Å²) in [6.45, 7) is 0.855. The van der Waals surface area contributed by atoms with Crippen LogP contribution in [-0.4, -0.2) is 15.0 Å². The Bertz CT molecular complexity index is 522. The van der Waals surface area contributed by atoms with Crippen LogP contribution in [0.2, 0.25) is 0 Å². The molecule has 0 amide bonds. The largest absolute Gasteiger partial charge is 0.399 e. The number of hydrogen-bond acceptors (Lipinski definition) is 4. The number of benzene rings is 1. The summed E-state index contributed by atoms with van der Waals surface area (Å²) in [7, 11) is -3.71. The Labute approximate surface area is 108 Å². The molecule has 1 aliphatic carbocycles. The van der Waals surface area contributed by atoms with Gasteiger partial charge in [0.2, 0.25) is 10.0 Å². The number of anilines is 2. The molecule has 5 N–H and O–H groups in total. The van der Waals surface area contributed by atoms with Gasteiger partial charge >= 0.3 is 0 Å². The van der Waals surface area contributed by atoms with Gasteiger partial charge in [0.15, 0.2) is 0 Å². The van der Waals surface area contributed by atoms with Gasteiger partial charge in [-0.05, 0) is 37.0 Å². The van der Waals surface area contributed by atoms with Crippen LogP contribution in [0.15, 0.2) is 23.1 Å². The molecule has 0 atom stereocenters. The summed E-state index contributed by atoms with van der Waals surface area (Å²) in [5.41, 5.74) is 6.79. The van der Waals surface area contributed by atoms with Crippen molar-refractivity contribution in [3.05, 3.63) is 18.2 Å². The zero-order chi connectivity index (χ0) is 13.2. The summed E-state index contributed by atoms with van der Waals surface area (Å²) < 4.78 is 22.6. The fourth-order valence-electron chi connectivity index (χ4n) is 2.37. The van der Waals surface area contributed by atoms with Gasteiger partial charge in [-0.15, -0.1) is 0 Å². The van der Waals surface area contributed by atoms with Gasteiger partial charge in [-0.3, -0.25) is 0 Å². The predicted molar refractivity (Wildman–Crippen MR) is 72.7 cm³/mol. The van der Waals surface area contributed by atoms with Gasteiger partial charge in [0.1, 0.15) is 0 Å². The van der Waals surface area contributed by atoms with Crippen molar-refractivity contribution in [2.45, 2.75) is 30.6 Å². The summed E-state index contributed by atoms with van der Waals surface area (Å²) in [5.74, 6) is 0.671. The fraction of sp³-hybridized carbons (Fsp3) is 0.500. The second-order valence-electron chi connectivity index (χ2n) is 4.87. The number of nitrogens with one attached hydrogen (secondary N) is 1. The van der Waals surface area contributed by atoms with Crippen LogP contribution in [-0.2, 0) is 10.0 Å². The number of nitrogen functional groups attached to an aromatic ring is 1. The summed E-state index contributed by atoms with van der Waals surface area (Å²) in [6.07, 6.45) is 5.03. The molecule has 0 aliphatic heterocycles. The van der Waals surface area contributed by atoms with Gasteiger partial charge in [0.25, 0.3) is 0 Å². The maximum atomic E-state index is 11.3. The van der Waals surface area contributed by atoms with E-state index < -0.39 is 10.0 Å². The van der Waals surface area contributed by atoms with Gasteiger partial charge in [-0.25, -0.2) is 13.6 Å². The van der Waals surface area contributed by atoms with Crippen molar-refractivity contribution in [2.75, 3.05) is 17.6 Å². The van der Waals surface area contributed by atoms with E-state index >= 15 is 0 Å². The second-order valence-corrected chi connectivity index (χ2v) is 6.43. The van der Waals surface area contributed by atoms with E-state index in [4.69, 9.17) is 10.9 Å². The summed E-state index contributed by atoms with van der Waals surface area (Å²) in [5, 5.41) is 8.34. The van der Waals surface area contributed by atoms with E-state index in [1.165, 1.54) is 37.8 Å². The first-order valence-electron chi connectivity index (χ1n) is 6.12. The molecule has 0 aromatic heterocycles. The van der Waals surface area contributed by atoms with Gasteiger partial charge in [0, 0.05) is 17.9 Å². The van der Waals surface area contributed by atoms with Crippen molar-refractivity contribution in [3.8, 4) is 0 Å². The predicted octanol–water partition coefficient (Wildman–Crippen LogP) is 1.52. The maximum absolute atomic E-state index is 11.3. The first kappa shape index (κ1) is 13.2. The van der Waals surface area contributed by atoms with Gasteiger partial charge in [0.05, 0.1) is 4.90 Å². The van der Waals surface area contributed by atoms with E-state index in [0.29, 0.717) is 17.3 Å². The Kier molecular flexibility index (Phi) is 3.77. The lowest BCUT2D eigenvalue weighted by molar-refractivity contribution is 0.579. The Morgan fingerprint density at radius 1 is 1.22 bits per heavy atom. The smallest absolute Gasteiger partial charge is 0.238 e. The van der Waals surface area contributed by atoms with Crippen molar-refractivity contribution in [3.63, 3.8) is 0 Å². The third-order valence-corrected chi connectivity index (χ3v) is 4.22.